The van der Waals surface area contributed by atoms with Gasteiger partial charge in [0.1, 0.15) is 12.4 Å². The molecule has 2 aliphatic rings. The van der Waals surface area contributed by atoms with E-state index in [1.165, 1.54) is 7.11 Å². The molecule has 0 radical (unpaired) electrons. The van der Waals surface area contributed by atoms with E-state index in [0.717, 1.165) is 11.3 Å². The van der Waals surface area contributed by atoms with Crippen molar-refractivity contribution in [2.75, 3.05) is 13.7 Å². The molecule has 0 saturated heterocycles. The maximum Gasteiger partial charge on any atom is 0.252 e. The van der Waals surface area contributed by atoms with E-state index in [2.05, 4.69) is 0 Å². The van der Waals surface area contributed by atoms with E-state index in [4.69, 9.17) is 9.47 Å². The largest absolute Gasteiger partial charge is 0.456 e. The van der Waals surface area contributed by atoms with Crippen LogP contribution in [0, 0.1) is 0 Å². The van der Waals surface area contributed by atoms with Crippen LogP contribution >= 0.6 is 0 Å². The van der Waals surface area contributed by atoms with E-state index in [0.29, 0.717) is 0 Å². The molecule has 1 aliphatic heterocycles. The molecule has 0 bridgehead atoms. The lowest BCUT2D eigenvalue weighted by atomic mass is 10.2. The second-order valence-corrected chi connectivity index (χ2v) is 2.87. The first-order valence-corrected chi connectivity index (χ1v) is 3.75. The fourth-order valence-electron chi connectivity index (χ4n) is 1.37. The van der Waals surface area contributed by atoms with Gasteiger partial charge in [-0.3, -0.25) is 0 Å². The highest BCUT2D eigenvalue weighted by Crippen LogP contribution is 2.33. The Morgan fingerprint density at radius 2 is 2.50 bits per heavy atom. The predicted molar refractivity (Wildman–Crippen MR) is 43.2 cm³/mol. The molecule has 2 rings (SSSR count). The van der Waals surface area contributed by atoms with Crippen LogP contribution in [0.15, 0.2) is 35.6 Å². The van der Waals surface area contributed by atoms with Crippen LogP contribution in [0.4, 0.5) is 0 Å². The number of hydrogen-bond donors (Lipinski definition) is 1. The Balaban J connectivity index is 2.21. The zero-order valence-corrected chi connectivity index (χ0v) is 6.78. The third-order valence-electron chi connectivity index (χ3n) is 1.83. The molecule has 0 saturated carbocycles. The van der Waals surface area contributed by atoms with Gasteiger partial charge in [-0.1, -0.05) is 12.2 Å². The van der Waals surface area contributed by atoms with Gasteiger partial charge in [0, 0.05) is 18.8 Å². The molecule has 0 aromatic carbocycles. The van der Waals surface area contributed by atoms with Gasteiger partial charge in [0.15, 0.2) is 0 Å². The fourth-order valence-corrected chi connectivity index (χ4v) is 1.37. The summed E-state index contributed by atoms with van der Waals surface area (Å²) < 4.78 is 10.1. The monoisotopic (exact) mass is 166 g/mol. The lowest BCUT2D eigenvalue weighted by molar-refractivity contribution is -0.158. The van der Waals surface area contributed by atoms with Crippen LogP contribution in [0.5, 0.6) is 0 Å². The molecule has 1 N–H and O–H groups in total. The van der Waals surface area contributed by atoms with Crippen molar-refractivity contribution < 1.29 is 14.6 Å². The second kappa shape index (κ2) is 2.47. The van der Waals surface area contributed by atoms with Crippen molar-refractivity contribution in [2.45, 2.75) is 5.79 Å². The highest BCUT2D eigenvalue weighted by atomic mass is 16.7. The average Bonchev–Trinajstić information content (AvgIpc) is 2.45. The van der Waals surface area contributed by atoms with E-state index in [-0.39, 0.29) is 6.61 Å². The molecule has 64 valence electrons. The van der Waals surface area contributed by atoms with Crippen LogP contribution in [-0.4, -0.2) is 24.6 Å². The molecule has 3 nitrogen and oxygen atoms in total. The van der Waals surface area contributed by atoms with Crippen LogP contribution in [0.2, 0.25) is 0 Å². The Morgan fingerprint density at radius 1 is 1.67 bits per heavy atom. The van der Waals surface area contributed by atoms with Crippen molar-refractivity contribution >= 4 is 0 Å². The smallest absolute Gasteiger partial charge is 0.252 e. The SMILES string of the molecule is COCC1(O)C=C2C=CC=C2O1. The summed E-state index contributed by atoms with van der Waals surface area (Å²) in [7, 11) is 1.53. The van der Waals surface area contributed by atoms with Crippen LogP contribution in [0.25, 0.3) is 0 Å². The predicted octanol–water partition coefficient (Wildman–Crippen LogP) is 0.732. The van der Waals surface area contributed by atoms with Crippen molar-refractivity contribution in [1.29, 1.82) is 0 Å². The summed E-state index contributed by atoms with van der Waals surface area (Å²) in [6, 6.07) is 0. The molecule has 0 spiro atoms. The minimum atomic E-state index is -1.26. The average molecular weight is 166 g/mol. The third-order valence-corrected chi connectivity index (χ3v) is 1.83. The van der Waals surface area contributed by atoms with E-state index < -0.39 is 5.79 Å². The van der Waals surface area contributed by atoms with Crippen molar-refractivity contribution in [3.05, 3.63) is 35.6 Å². The number of rotatable bonds is 2. The van der Waals surface area contributed by atoms with Crippen molar-refractivity contribution in [3.8, 4) is 0 Å². The number of methoxy groups -OCH3 is 1. The van der Waals surface area contributed by atoms with Crippen molar-refractivity contribution in [3.63, 3.8) is 0 Å². The molecule has 1 atom stereocenters. The molecule has 1 aliphatic carbocycles. The fraction of sp³-hybridized carbons (Fsp3) is 0.333. The Bertz CT molecular complexity index is 288. The molecule has 0 amide bonds. The van der Waals surface area contributed by atoms with Gasteiger partial charge in [0.25, 0.3) is 5.79 Å². The maximum atomic E-state index is 9.70. The first-order chi connectivity index (χ1) is 5.73. The topological polar surface area (TPSA) is 38.7 Å². The molecule has 0 fully saturated rings. The minimum absolute atomic E-state index is 0.154. The number of allylic oxidation sites excluding steroid dienone is 3. The molecule has 1 unspecified atom stereocenters. The van der Waals surface area contributed by atoms with Crippen LogP contribution in [-0.2, 0) is 9.47 Å². The number of aliphatic hydroxyl groups is 1. The van der Waals surface area contributed by atoms with E-state index >= 15 is 0 Å². The standard InChI is InChI=1S/C9H10O3/c1-11-6-9(10)5-7-3-2-4-8(7)12-9/h2-5,10H,6H2,1H3. The van der Waals surface area contributed by atoms with E-state index in [1.54, 1.807) is 6.08 Å². The summed E-state index contributed by atoms with van der Waals surface area (Å²) in [4.78, 5) is 0. The summed E-state index contributed by atoms with van der Waals surface area (Å²) in [5, 5.41) is 9.70. The molecule has 3 heteroatoms. The summed E-state index contributed by atoms with van der Waals surface area (Å²) in [5.74, 6) is -0.546. The number of ether oxygens (including phenoxy) is 2. The van der Waals surface area contributed by atoms with Crippen LogP contribution in [0.3, 0.4) is 0 Å². The van der Waals surface area contributed by atoms with Gasteiger partial charge >= 0.3 is 0 Å². The molecule has 0 aromatic heterocycles. The Hall–Kier alpha value is -1.06. The van der Waals surface area contributed by atoms with Crippen LogP contribution < -0.4 is 0 Å². The van der Waals surface area contributed by atoms with Crippen molar-refractivity contribution in [2.24, 2.45) is 0 Å². The highest BCUT2D eigenvalue weighted by Gasteiger charge is 2.35. The van der Waals surface area contributed by atoms with Crippen molar-refractivity contribution in [1.82, 2.24) is 0 Å². The summed E-state index contributed by atoms with van der Waals surface area (Å²) >= 11 is 0. The Morgan fingerprint density at radius 3 is 3.17 bits per heavy atom. The Kier molecular flexibility index (Phi) is 1.56. The molecular weight excluding hydrogens is 156 g/mol. The summed E-state index contributed by atoms with van der Waals surface area (Å²) in [6.07, 6.45) is 7.25. The van der Waals surface area contributed by atoms with Gasteiger partial charge in [-0.2, -0.15) is 0 Å². The normalized spacial score (nSPS) is 31.2. The third kappa shape index (κ3) is 1.07. The van der Waals surface area contributed by atoms with E-state index in [9.17, 15) is 5.11 Å². The number of hydrogen-bond acceptors (Lipinski definition) is 3. The Labute approximate surface area is 70.6 Å². The molecule has 12 heavy (non-hydrogen) atoms. The van der Waals surface area contributed by atoms with E-state index in [1.807, 2.05) is 18.2 Å². The van der Waals surface area contributed by atoms with Crippen LogP contribution in [0.1, 0.15) is 0 Å². The second-order valence-electron chi connectivity index (χ2n) is 2.87. The van der Waals surface area contributed by atoms with Gasteiger partial charge in [0.05, 0.1) is 0 Å². The first-order valence-electron chi connectivity index (χ1n) is 3.75. The first kappa shape index (κ1) is 7.58. The summed E-state index contributed by atoms with van der Waals surface area (Å²) in [6.45, 7) is 0.154. The molecular formula is C9H10O3. The quantitative estimate of drug-likeness (QED) is 0.657. The van der Waals surface area contributed by atoms with Gasteiger partial charge < -0.3 is 14.6 Å². The zero-order chi connectivity index (χ0) is 8.60. The van der Waals surface area contributed by atoms with Gasteiger partial charge in [-0.05, 0) is 6.08 Å². The zero-order valence-electron chi connectivity index (χ0n) is 6.78. The van der Waals surface area contributed by atoms with Gasteiger partial charge in [0.2, 0.25) is 0 Å². The highest BCUT2D eigenvalue weighted by molar-refractivity contribution is 5.49. The minimum Gasteiger partial charge on any atom is -0.456 e. The molecule has 0 aromatic rings. The van der Waals surface area contributed by atoms with Gasteiger partial charge in [-0.15, -0.1) is 0 Å². The summed E-state index contributed by atoms with van der Waals surface area (Å²) in [5.41, 5.74) is 0.926. The van der Waals surface area contributed by atoms with Gasteiger partial charge in [-0.25, -0.2) is 0 Å². The number of fused-ring (bicyclic) bond motifs is 1. The molecule has 1 heterocycles. The lowest BCUT2D eigenvalue weighted by Gasteiger charge is -2.19. The lowest BCUT2D eigenvalue weighted by Crippen LogP contribution is -2.31. The maximum absolute atomic E-state index is 9.70.